The van der Waals surface area contributed by atoms with Crippen LogP contribution in [0.25, 0.3) is 0 Å². The number of aliphatic hydroxyl groups excluding tert-OH is 1. The van der Waals surface area contributed by atoms with E-state index in [1.807, 2.05) is 111 Å². The lowest BCUT2D eigenvalue weighted by Gasteiger charge is -2.16. The molecule has 1 aliphatic rings. The largest absolute Gasteiger partial charge is 0.495 e. The third-order valence-electron chi connectivity index (χ3n) is 15.0. The van der Waals surface area contributed by atoms with Gasteiger partial charge in [0.2, 0.25) is 11.2 Å². The number of hydrogen-bond donors (Lipinski definition) is 5. The summed E-state index contributed by atoms with van der Waals surface area (Å²) in [5.41, 5.74) is 14.5. The number of nitrogens with zero attached hydrogens (tertiary/aromatic N) is 9. The van der Waals surface area contributed by atoms with Crippen molar-refractivity contribution in [2.45, 2.75) is 115 Å². The quantitative estimate of drug-likeness (QED) is 0.00848. The summed E-state index contributed by atoms with van der Waals surface area (Å²) < 4.78 is 54.5. The minimum absolute atomic E-state index is 0. The van der Waals surface area contributed by atoms with Crippen LogP contribution in [0.5, 0.6) is 23.0 Å². The molecule has 2 aromatic heterocycles. The lowest BCUT2D eigenvalue weighted by molar-refractivity contribution is -0.385. The second-order valence-electron chi connectivity index (χ2n) is 24.0. The molecule has 0 bridgehead atoms. The van der Waals surface area contributed by atoms with Crippen LogP contribution in [0.15, 0.2) is 151 Å². The van der Waals surface area contributed by atoms with Crippen molar-refractivity contribution < 1.29 is 52.5 Å². The number of benzene rings is 7. The van der Waals surface area contributed by atoms with Crippen LogP contribution in [0, 0.1) is 81.9 Å². The molecule has 2 radical (unpaired) electrons. The van der Waals surface area contributed by atoms with E-state index in [4.69, 9.17) is 93.0 Å². The summed E-state index contributed by atoms with van der Waals surface area (Å²) in [4.78, 5) is 38.1. The highest BCUT2D eigenvalue weighted by Gasteiger charge is 2.21. The average molecular weight is 1700 g/mol. The molecule has 0 saturated carbocycles. The second-order valence-corrected chi connectivity index (χ2v) is 32.9. The number of aliphatic hydroxyl groups is 1. The molecule has 1 atom stereocenters. The molecule has 0 spiro atoms. The Hall–Kier alpha value is -10.0. The maximum absolute atomic E-state index is 12.6. The lowest BCUT2D eigenvalue weighted by Crippen LogP contribution is -2.11. The third kappa shape index (κ3) is 38.3. The third-order valence-corrected chi connectivity index (χ3v) is 19.7. The lowest BCUT2D eigenvalue weighted by atomic mass is 9.98. The number of nitrogens with one attached hydrogen (secondary N) is 3. The summed E-state index contributed by atoms with van der Waals surface area (Å²) in [6, 6.07) is 46.6. The SMILES string of the molecule is C.C.C.C.C.CCSc1ccccc1.COCCO.COc1cc(CC#N)c(C)cc1N.COc1cc(CC#N)c(C)cc1Nc1ncc(Cl)c(Nc2ccccc2P(C)(C)=O)n1.COc1cc(CC#N)c(C)cc1[N+](=O)[O-].COc1ccc(C)cc1[N+](=O)[O-].CP(C)(=O)c1ccccc1Nc1nc(Cl)ncc1Cl.[B]C1CCCO1. The van der Waals surface area contributed by atoms with Crippen molar-refractivity contribution in [2.24, 2.45) is 0 Å². The van der Waals surface area contributed by atoms with E-state index in [2.05, 4.69) is 84.0 Å². The van der Waals surface area contributed by atoms with Gasteiger partial charge in [0.05, 0.1) is 124 Å². The molecule has 7 aromatic carbocycles. The molecule has 9 aromatic rings. The van der Waals surface area contributed by atoms with E-state index in [-0.39, 0.29) is 78.6 Å². The molecule has 33 heteroatoms. The Balaban J connectivity index is -0.00000131. The maximum Gasteiger partial charge on any atom is 0.311 e. The van der Waals surface area contributed by atoms with Crippen LogP contribution in [-0.2, 0) is 37.9 Å². The van der Waals surface area contributed by atoms with E-state index >= 15 is 0 Å². The molecule has 115 heavy (non-hydrogen) atoms. The van der Waals surface area contributed by atoms with E-state index in [1.165, 1.54) is 49.7 Å². The smallest absolute Gasteiger partial charge is 0.311 e. The number of nitro groups is 2. The number of halogens is 3. The van der Waals surface area contributed by atoms with Gasteiger partial charge >= 0.3 is 11.4 Å². The number of ether oxygens (including phenoxy) is 6. The monoisotopic (exact) mass is 1700 g/mol. The fraction of sp³-hybridized carbons (Fsp3) is 0.354. The Labute approximate surface area is 700 Å². The van der Waals surface area contributed by atoms with Gasteiger partial charge in [0.1, 0.15) is 43.7 Å². The number of nitro benzene ring substituents is 2. The minimum Gasteiger partial charge on any atom is -0.495 e. The topological polar surface area (TPSA) is 381 Å². The number of rotatable bonds is 21. The standard InChI is InChI=1S/C22H23ClN5O2P.C12H12Cl2N3OP.C10H10N2O3.C10H12N2O.C8H9NO3.C8H10S.C4H7BO.C3H8O2.5CH4/c1-14-11-18(19(30-2)12-15(14)9-10-24)27-22-25-13-16(23)21(28-22)26-17-7-5-6-8-20(17)31(3,4)29;1-19(2,18)10-6-4-3-5-9(10)16-11-8(13)7-15-12(14)17-11;1-7-5-9(12(13)14)10(15-2)6-8(7)3-4-11;1-7-5-9(12)10(13-2)6-8(7)3-4-11;1-6-3-4-8(12-2)7(5-6)9(10)11;1-2-9-8-6-4-3-5-7-8;5-4-2-1-3-6-4;1-5-3-2-4;;;;;/h5-8,11-13H,9H2,1-4H3,(H2,25,26,27,28);3-7H,1-2H3,(H,15,16,17);5-6H,3H2,1-2H3;5-6H,3,12H2,1-2H3;3-5H,1-2H3;3-7H,2H2,1H3;4H,1-3H2;4H,2-3H2,1H3;5*1H4. The average Bonchev–Trinajstić information content (AvgIpc) is 1.02. The summed E-state index contributed by atoms with van der Waals surface area (Å²) in [7, 11) is 7.87. The predicted octanol–water partition coefficient (Wildman–Crippen LogP) is 20.5. The van der Waals surface area contributed by atoms with Crippen molar-refractivity contribution in [3.8, 4) is 41.2 Å². The van der Waals surface area contributed by atoms with Crippen molar-refractivity contribution >= 4 is 131 Å². The first kappa shape index (κ1) is 109. The minimum atomic E-state index is -2.51. The molecule has 1 saturated heterocycles. The Kier molecular flexibility index (Phi) is 54.2. The van der Waals surface area contributed by atoms with Gasteiger partial charge in [-0.1, -0.05) is 116 Å². The fourth-order valence-corrected chi connectivity index (χ4v) is 12.9. The van der Waals surface area contributed by atoms with E-state index in [1.54, 1.807) is 74.0 Å². The number of anilines is 7. The van der Waals surface area contributed by atoms with Gasteiger partial charge < -0.3 is 64.3 Å². The number of methoxy groups -OCH3 is 5. The van der Waals surface area contributed by atoms with E-state index in [0.717, 1.165) is 69.5 Å². The molecular formula is C82H111BCl3N13O13P2S. The molecular weight excluding hydrogens is 1590 g/mol. The molecule has 1 unspecified atom stereocenters. The molecule has 10 rings (SSSR count). The highest BCUT2D eigenvalue weighted by molar-refractivity contribution is 7.99. The highest BCUT2D eigenvalue weighted by Crippen LogP contribution is 2.41. The Morgan fingerprint density at radius 3 is 1.46 bits per heavy atom. The van der Waals surface area contributed by atoms with Crippen LogP contribution >= 0.6 is 60.8 Å². The second kappa shape index (κ2) is 57.1. The zero-order valence-corrected chi connectivity index (χ0v) is 68.6. The van der Waals surface area contributed by atoms with Gasteiger partial charge in [-0.25, -0.2) is 9.97 Å². The number of hydrogen-bond acceptors (Lipinski definition) is 25. The number of nitriles is 3. The predicted molar refractivity (Wildman–Crippen MR) is 477 cm³/mol. The van der Waals surface area contributed by atoms with Crippen LogP contribution < -0.4 is 51.2 Å². The summed E-state index contributed by atoms with van der Waals surface area (Å²) in [6.45, 7) is 17.8. The van der Waals surface area contributed by atoms with Crippen molar-refractivity contribution in [1.82, 2.24) is 19.9 Å². The van der Waals surface area contributed by atoms with Gasteiger partial charge in [-0.2, -0.15) is 25.8 Å². The van der Waals surface area contributed by atoms with Crippen LogP contribution in [0.3, 0.4) is 0 Å². The molecule has 1 aliphatic heterocycles. The highest BCUT2D eigenvalue weighted by atomic mass is 35.5. The first-order valence-electron chi connectivity index (χ1n) is 33.6. The first-order valence-corrected chi connectivity index (χ1v) is 40.9. The van der Waals surface area contributed by atoms with E-state index in [9.17, 15) is 29.4 Å². The van der Waals surface area contributed by atoms with Crippen LogP contribution in [-0.4, -0.2) is 137 Å². The van der Waals surface area contributed by atoms with Crippen LogP contribution in [0.4, 0.5) is 51.7 Å². The number of para-hydroxylation sites is 2. The van der Waals surface area contributed by atoms with Gasteiger partial charge in [0, 0.05) is 47.4 Å². The first-order chi connectivity index (χ1) is 52.3. The van der Waals surface area contributed by atoms with Gasteiger partial charge in [-0.05, 0) is 196 Å². The zero-order chi connectivity index (χ0) is 82.1. The number of thioether (sulfide) groups is 1. The molecule has 622 valence electrons. The van der Waals surface area contributed by atoms with Gasteiger partial charge in [0.15, 0.2) is 23.1 Å². The number of aryl methyl sites for hydroxylation is 4. The Bertz CT molecular complexity index is 4700. The molecule has 26 nitrogen and oxygen atoms in total. The molecule has 6 N–H and O–H groups in total. The van der Waals surface area contributed by atoms with Crippen LogP contribution in [0.2, 0.25) is 15.3 Å². The Morgan fingerprint density at radius 1 is 0.600 bits per heavy atom. The van der Waals surface area contributed by atoms with Gasteiger partial charge in [-0.3, -0.25) is 20.2 Å². The van der Waals surface area contributed by atoms with Crippen LogP contribution in [0.1, 0.15) is 95.8 Å². The molecule has 0 aliphatic carbocycles. The van der Waals surface area contributed by atoms with Crippen molar-refractivity contribution in [2.75, 3.05) is 109 Å². The van der Waals surface area contributed by atoms with Gasteiger partial charge in [-0.15, -0.1) is 11.8 Å². The summed E-state index contributed by atoms with van der Waals surface area (Å²) in [6.07, 6.45) is 6.00. The Morgan fingerprint density at radius 2 is 1.04 bits per heavy atom. The summed E-state index contributed by atoms with van der Waals surface area (Å²) >= 11 is 19.9. The van der Waals surface area contributed by atoms with Crippen molar-refractivity contribution in [3.63, 3.8) is 0 Å². The molecule has 1 fully saturated rings. The fourth-order valence-electron chi connectivity index (χ4n) is 9.52. The van der Waals surface area contributed by atoms with Crippen molar-refractivity contribution in [1.29, 1.82) is 15.8 Å². The number of nitrogens with two attached hydrogens (primary N) is 1. The van der Waals surface area contributed by atoms with Crippen molar-refractivity contribution in [3.05, 3.63) is 220 Å². The van der Waals surface area contributed by atoms with E-state index in [0.29, 0.717) is 92.4 Å². The zero-order valence-electron chi connectivity index (χ0n) is 63.8. The van der Waals surface area contributed by atoms with E-state index < -0.39 is 24.1 Å². The number of aromatic nitrogens is 4. The summed E-state index contributed by atoms with van der Waals surface area (Å²) in [5, 5.41) is 66.8. The molecule has 3 heterocycles. The summed E-state index contributed by atoms with van der Waals surface area (Å²) in [5.74, 6) is 3.94. The number of nitrogen functional groups attached to an aromatic ring is 1. The normalized spacial score (nSPS) is 11.0. The molecule has 0 amide bonds. The van der Waals surface area contributed by atoms with Gasteiger partial charge in [0.25, 0.3) is 0 Å². The maximum atomic E-state index is 12.6.